The van der Waals surface area contributed by atoms with Crippen LogP contribution in [0.3, 0.4) is 0 Å². The minimum atomic E-state index is -1.17. The van der Waals surface area contributed by atoms with Gasteiger partial charge in [-0.3, -0.25) is 0 Å². The molecule has 2 aliphatic heterocycles. The predicted molar refractivity (Wildman–Crippen MR) is 111 cm³/mol. The van der Waals surface area contributed by atoms with Crippen LogP contribution in [0.1, 0.15) is 81.1 Å². The second-order valence-corrected chi connectivity index (χ2v) is 10.0. The molecule has 2 aliphatic rings. The fraction of sp³-hybridized carbons (Fsp3) is 0.864. The summed E-state index contributed by atoms with van der Waals surface area (Å²) in [6, 6.07) is -1.17. The topological polar surface area (TPSA) is 101 Å². The number of esters is 1. The van der Waals surface area contributed by atoms with E-state index in [1.165, 1.54) is 0 Å². The van der Waals surface area contributed by atoms with E-state index in [0.29, 0.717) is 19.3 Å². The van der Waals surface area contributed by atoms with Gasteiger partial charge in [0.1, 0.15) is 29.5 Å². The highest BCUT2D eigenvalue weighted by atomic mass is 16.7. The molecule has 9 heteroatoms. The molecular weight excluding hydrogens is 406 g/mol. The van der Waals surface area contributed by atoms with Crippen molar-refractivity contribution in [1.82, 2.24) is 4.90 Å². The average Bonchev–Trinajstić information content (AvgIpc) is 3.01. The van der Waals surface area contributed by atoms with Crippen molar-refractivity contribution in [2.45, 2.75) is 123 Å². The molecule has 2 heterocycles. The Morgan fingerprint density at radius 3 is 2.03 bits per heavy atom. The first-order valence-corrected chi connectivity index (χ1v) is 11.0. The lowest BCUT2D eigenvalue weighted by Gasteiger charge is -2.32. The van der Waals surface area contributed by atoms with Crippen molar-refractivity contribution in [3.05, 3.63) is 0 Å². The van der Waals surface area contributed by atoms with Crippen LogP contribution in [0.2, 0.25) is 0 Å². The van der Waals surface area contributed by atoms with Crippen LogP contribution in [-0.2, 0) is 28.5 Å². The molecule has 0 aliphatic carbocycles. The lowest BCUT2D eigenvalue weighted by atomic mass is 10.0. The molecule has 0 aromatic rings. The molecule has 2 rings (SSSR count). The van der Waals surface area contributed by atoms with Gasteiger partial charge in [0.2, 0.25) is 0 Å². The molecule has 9 nitrogen and oxygen atoms in total. The molecule has 0 saturated carbocycles. The molecule has 178 valence electrons. The van der Waals surface area contributed by atoms with E-state index in [2.05, 4.69) is 0 Å². The first-order chi connectivity index (χ1) is 14.2. The van der Waals surface area contributed by atoms with Crippen LogP contribution in [0.25, 0.3) is 0 Å². The van der Waals surface area contributed by atoms with Gasteiger partial charge >= 0.3 is 18.2 Å². The highest BCUT2D eigenvalue weighted by molar-refractivity contribution is 5.94. The lowest BCUT2D eigenvalue weighted by molar-refractivity contribution is -0.162. The maximum Gasteiger partial charge on any atom is 0.420 e. The molecule has 2 amide bonds. The predicted octanol–water partition coefficient (Wildman–Crippen LogP) is 4.16. The SMILES string of the molecule is CCC1OC2CCC[C@H](N(C(=O)OC(C)(C)C)C(=O)OC(C)(C)C)C(=O)OC(C)[C@@H]2O1. The summed E-state index contributed by atoms with van der Waals surface area (Å²) in [5.41, 5.74) is -1.72. The molecule has 5 atom stereocenters. The van der Waals surface area contributed by atoms with E-state index in [-0.39, 0.29) is 18.8 Å². The van der Waals surface area contributed by atoms with Gasteiger partial charge in [0.05, 0.1) is 6.10 Å². The standard InChI is InChI=1S/C22H37NO8/c1-9-16-28-15-12-10-11-14(18(24)27-13(2)17(15)29-16)23(19(25)30-21(3,4)5)20(26)31-22(6,7)8/h13-17H,9-12H2,1-8H3/t13?,14-,15?,16?,17-/m0/s1. The first-order valence-electron chi connectivity index (χ1n) is 11.0. The van der Waals surface area contributed by atoms with Crippen LogP contribution in [0, 0.1) is 0 Å². The Labute approximate surface area is 184 Å². The van der Waals surface area contributed by atoms with Crippen molar-refractivity contribution in [3.8, 4) is 0 Å². The zero-order chi connectivity index (χ0) is 23.6. The molecule has 2 fully saturated rings. The Balaban J connectivity index is 2.28. The normalized spacial score (nSPS) is 29.7. The quantitative estimate of drug-likeness (QED) is 0.463. The fourth-order valence-electron chi connectivity index (χ4n) is 3.55. The third-order valence-corrected chi connectivity index (χ3v) is 4.83. The molecular formula is C22H37NO8. The van der Waals surface area contributed by atoms with E-state index in [1.807, 2.05) is 6.92 Å². The highest BCUT2D eigenvalue weighted by Crippen LogP contribution is 2.31. The second-order valence-electron chi connectivity index (χ2n) is 10.0. The molecule has 0 aromatic carbocycles. The number of carbonyl (C=O) groups excluding carboxylic acids is 3. The number of ether oxygens (including phenoxy) is 5. The van der Waals surface area contributed by atoms with Gasteiger partial charge in [-0.2, -0.15) is 4.90 Å². The summed E-state index contributed by atoms with van der Waals surface area (Å²) in [6.45, 7) is 13.8. The number of cyclic esters (lactones) is 1. The van der Waals surface area contributed by atoms with Crippen LogP contribution in [0.5, 0.6) is 0 Å². The monoisotopic (exact) mass is 443 g/mol. The van der Waals surface area contributed by atoms with Crippen LogP contribution >= 0.6 is 0 Å². The zero-order valence-electron chi connectivity index (χ0n) is 19.9. The van der Waals surface area contributed by atoms with Gasteiger partial charge in [0, 0.05) is 0 Å². The van der Waals surface area contributed by atoms with Crippen molar-refractivity contribution in [2.24, 2.45) is 0 Å². The number of amides is 2. The second kappa shape index (κ2) is 9.73. The largest absolute Gasteiger partial charge is 0.458 e. The fourth-order valence-corrected chi connectivity index (χ4v) is 3.55. The van der Waals surface area contributed by atoms with E-state index in [1.54, 1.807) is 48.5 Å². The zero-order valence-corrected chi connectivity index (χ0v) is 19.9. The highest BCUT2D eigenvalue weighted by Gasteiger charge is 2.46. The van der Waals surface area contributed by atoms with E-state index >= 15 is 0 Å². The maximum absolute atomic E-state index is 13.1. The Bertz CT molecular complexity index is 637. The van der Waals surface area contributed by atoms with Gasteiger partial charge < -0.3 is 23.7 Å². The molecule has 0 spiro atoms. The summed E-state index contributed by atoms with van der Waals surface area (Å²) in [4.78, 5) is 39.7. The van der Waals surface area contributed by atoms with Crippen LogP contribution in [0.4, 0.5) is 9.59 Å². The van der Waals surface area contributed by atoms with Crippen molar-refractivity contribution in [2.75, 3.05) is 0 Å². The molecule has 0 radical (unpaired) electrons. The third-order valence-electron chi connectivity index (χ3n) is 4.83. The first kappa shape index (κ1) is 25.4. The smallest absolute Gasteiger partial charge is 0.420 e. The van der Waals surface area contributed by atoms with E-state index < -0.39 is 47.6 Å². The molecule has 0 aromatic heterocycles. The Kier molecular flexibility index (Phi) is 7.97. The van der Waals surface area contributed by atoms with Gasteiger partial charge in [0.15, 0.2) is 6.29 Å². The third kappa shape index (κ3) is 7.07. The molecule has 31 heavy (non-hydrogen) atoms. The average molecular weight is 444 g/mol. The molecule has 0 bridgehead atoms. The Hall–Kier alpha value is -1.87. The lowest BCUT2D eigenvalue weighted by Crippen LogP contribution is -2.53. The minimum absolute atomic E-state index is 0.202. The molecule has 0 N–H and O–H groups in total. The number of imide groups is 1. The summed E-state index contributed by atoms with van der Waals surface area (Å²) in [5.74, 6) is -0.701. The van der Waals surface area contributed by atoms with Crippen LogP contribution in [-0.4, -0.2) is 64.9 Å². The van der Waals surface area contributed by atoms with Crippen molar-refractivity contribution in [1.29, 1.82) is 0 Å². The molecule has 3 unspecified atom stereocenters. The number of nitrogens with zero attached hydrogens (tertiary/aromatic N) is 1. The molecule has 2 saturated heterocycles. The van der Waals surface area contributed by atoms with E-state index in [0.717, 1.165) is 4.90 Å². The van der Waals surface area contributed by atoms with Crippen molar-refractivity contribution >= 4 is 18.2 Å². The van der Waals surface area contributed by atoms with Crippen molar-refractivity contribution in [3.63, 3.8) is 0 Å². The summed E-state index contributed by atoms with van der Waals surface area (Å²) in [5, 5.41) is 0. The summed E-state index contributed by atoms with van der Waals surface area (Å²) < 4.78 is 28.2. The summed E-state index contributed by atoms with van der Waals surface area (Å²) >= 11 is 0. The van der Waals surface area contributed by atoms with Gasteiger partial charge in [0.25, 0.3) is 0 Å². The summed E-state index contributed by atoms with van der Waals surface area (Å²) in [7, 11) is 0. The van der Waals surface area contributed by atoms with Gasteiger partial charge in [-0.1, -0.05) is 6.92 Å². The number of fused-ring (bicyclic) bond motifs is 1. The van der Waals surface area contributed by atoms with Gasteiger partial charge in [-0.25, -0.2) is 14.4 Å². The van der Waals surface area contributed by atoms with E-state index in [4.69, 9.17) is 23.7 Å². The number of hydrogen-bond acceptors (Lipinski definition) is 8. The Morgan fingerprint density at radius 2 is 1.55 bits per heavy atom. The number of rotatable bonds is 2. The van der Waals surface area contributed by atoms with Crippen molar-refractivity contribution < 1.29 is 38.1 Å². The van der Waals surface area contributed by atoms with E-state index in [9.17, 15) is 14.4 Å². The number of carbonyl (C=O) groups is 3. The number of hydrogen-bond donors (Lipinski definition) is 0. The minimum Gasteiger partial charge on any atom is -0.458 e. The Morgan fingerprint density at radius 1 is 1.00 bits per heavy atom. The van der Waals surface area contributed by atoms with Gasteiger partial charge in [-0.15, -0.1) is 0 Å². The van der Waals surface area contributed by atoms with Crippen LogP contribution in [0.15, 0.2) is 0 Å². The maximum atomic E-state index is 13.1. The van der Waals surface area contributed by atoms with Gasteiger partial charge in [-0.05, 0) is 74.1 Å². The van der Waals surface area contributed by atoms with Crippen LogP contribution < -0.4 is 0 Å². The summed E-state index contributed by atoms with van der Waals surface area (Å²) in [6.07, 6.45) is -1.42.